The second-order valence-corrected chi connectivity index (χ2v) is 8.75. The normalized spacial score (nSPS) is 20.4. The number of benzene rings is 1. The third-order valence-corrected chi connectivity index (χ3v) is 7.21. The Morgan fingerprint density at radius 3 is 2.46 bits per heavy atom. The molecule has 1 aromatic carbocycles. The van der Waals surface area contributed by atoms with Gasteiger partial charge in [-0.2, -0.15) is 4.31 Å². The van der Waals surface area contributed by atoms with E-state index in [1.54, 1.807) is 30.6 Å². The second kappa shape index (κ2) is 6.13. The number of halogens is 1. The summed E-state index contributed by atoms with van der Waals surface area (Å²) >= 11 is 6.07. The summed E-state index contributed by atoms with van der Waals surface area (Å²) in [6.07, 6.45) is 5.68. The van der Waals surface area contributed by atoms with Gasteiger partial charge in [0, 0.05) is 25.0 Å². The van der Waals surface area contributed by atoms with Crippen LogP contribution in [0.1, 0.15) is 43.5 Å². The molecule has 2 aliphatic rings. The van der Waals surface area contributed by atoms with Gasteiger partial charge in [0.1, 0.15) is 17.0 Å². The van der Waals surface area contributed by atoms with Crippen LogP contribution in [-0.2, 0) is 10.0 Å². The SMILES string of the molecule is O=S(=O)(c1ccccc1Cl)N1CCC(n2cnnc2C2CC2)CC1. The lowest BCUT2D eigenvalue weighted by Crippen LogP contribution is -2.39. The summed E-state index contributed by atoms with van der Waals surface area (Å²) in [5, 5.41) is 8.57. The Labute approximate surface area is 146 Å². The molecule has 0 atom stereocenters. The number of rotatable bonds is 4. The van der Waals surface area contributed by atoms with Crippen molar-refractivity contribution in [1.29, 1.82) is 0 Å². The summed E-state index contributed by atoms with van der Waals surface area (Å²) < 4.78 is 29.3. The van der Waals surface area contributed by atoms with Gasteiger partial charge in [-0.3, -0.25) is 0 Å². The summed E-state index contributed by atoms with van der Waals surface area (Å²) in [5.41, 5.74) is 0. The molecule has 1 saturated carbocycles. The van der Waals surface area contributed by atoms with Crippen molar-refractivity contribution in [2.24, 2.45) is 0 Å². The fraction of sp³-hybridized carbons (Fsp3) is 0.500. The molecule has 1 saturated heterocycles. The van der Waals surface area contributed by atoms with Crippen LogP contribution >= 0.6 is 11.6 Å². The first-order valence-corrected chi connectivity index (χ1v) is 10.0. The molecule has 0 unspecified atom stereocenters. The van der Waals surface area contributed by atoms with Crippen molar-refractivity contribution in [3.05, 3.63) is 41.4 Å². The van der Waals surface area contributed by atoms with E-state index in [1.807, 2.05) is 0 Å². The van der Waals surface area contributed by atoms with Gasteiger partial charge in [-0.05, 0) is 37.8 Å². The van der Waals surface area contributed by atoms with Crippen LogP contribution in [0.25, 0.3) is 0 Å². The second-order valence-electron chi connectivity index (χ2n) is 6.44. The zero-order chi connectivity index (χ0) is 16.7. The van der Waals surface area contributed by atoms with Gasteiger partial charge in [0.05, 0.1) is 5.02 Å². The fourth-order valence-electron chi connectivity index (χ4n) is 3.32. The molecule has 6 nitrogen and oxygen atoms in total. The van der Waals surface area contributed by atoms with Gasteiger partial charge < -0.3 is 4.57 Å². The molecule has 2 heterocycles. The summed E-state index contributed by atoms with van der Waals surface area (Å²) in [6, 6.07) is 6.88. The Hall–Kier alpha value is -1.44. The lowest BCUT2D eigenvalue weighted by atomic mass is 10.1. The van der Waals surface area contributed by atoms with Crippen LogP contribution in [0.5, 0.6) is 0 Å². The molecule has 0 N–H and O–H groups in total. The molecular weight excluding hydrogens is 348 g/mol. The summed E-state index contributed by atoms with van der Waals surface area (Å²) in [7, 11) is -3.54. The van der Waals surface area contributed by atoms with E-state index in [-0.39, 0.29) is 16.0 Å². The predicted octanol–water partition coefficient (Wildman–Crippen LogP) is 2.83. The van der Waals surface area contributed by atoms with Crippen molar-refractivity contribution in [2.45, 2.75) is 42.5 Å². The first kappa shape index (κ1) is 16.1. The number of sulfonamides is 1. The molecule has 0 spiro atoms. The summed E-state index contributed by atoms with van der Waals surface area (Å²) in [6.45, 7) is 0.973. The van der Waals surface area contributed by atoms with Gasteiger partial charge in [-0.1, -0.05) is 23.7 Å². The van der Waals surface area contributed by atoms with Gasteiger partial charge in [0.25, 0.3) is 0 Å². The van der Waals surface area contributed by atoms with E-state index in [2.05, 4.69) is 14.8 Å². The van der Waals surface area contributed by atoms with E-state index in [9.17, 15) is 8.42 Å². The van der Waals surface area contributed by atoms with Gasteiger partial charge in [-0.15, -0.1) is 10.2 Å². The molecule has 0 amide bonds. The van der Waals surface area contributed by atoms with Crippen molar-refractivity contribution in [2.75, 3.05) is 13.1 Å². The monoisotopic (exact) mass is 366 g/mol. The predicted molar refractivity (Wildman–Crippen MR) is 90.5 cm³/mol. The van der Waals surface area contributed by atoms with E-state index < -0.39 is 10.0 Å². The fourth-order valence-corrected chi connectivity index (χ4v) is 5.28. The summed E-state index contributed by atoms with van der Waals surface area (Å²) in [5.74, 6) is 1.60. The molecule has 1 aliphatic carbocycles. The third kappa shape index (κ3) is 2.85. The molecule has 2 fully saturated rings. The molecule has 1 aliphatic heterocycles. The minimum Gasteiger partial charge on any atom is -0.314 e. The van der Waals surface area contributed by atoms with Gasteiger partial charge in [0.15, 0.2) is 0 Å². The van der Waals surface area contributed by atoms with Crippen LogP contribution in [-0.4, -0.2) is 40.6 Å². The zero-order valence-electron chi connectivity index (χ0n) is 13.2. The number of nitrogens with zero attached hydrogens (tertiary/aromatic N) is 4. The minimum absolute atomic E-state index is 0.188. The molecular formula is C16H19ClN4O2S. The van der Waals surface area contributed by atoms with Crippen molar-refractivity contribution in [1.82, 2.24) is 19.1 Å². The Morgan fingerprint density at radius 2 is 1.79 bits per heavy atom. The highest BCUT2D eigenvalue weighted by molar-refractivity contribution is 7.89. The zero-order valence-corrected chi connectivity index (χ0v) is 14.7. The lowest BCUT2D eigenvalue weighted by Gasteiger charge is -2.32. The lowest BCUT2D eigenvalue weighted by molar-refractivity contribution is 0.270. The topological polar surface area (TPSA) is 68.1 Å². The maximum atomic E-state index is 12.8. The van der Waals surface area contributed by atoms with Crippen LogP contribution in [0.2, 0.25) is 5.02 Å². The molecule has 4 rings (SSSR count). The highest BCUT2D eigenvalue weighted by Gasteiger charge is 2.34. The van der Waals surface area contributed by atoms with Crippen LogP contribution in [0.15, 0.2) is 35.5 Å². The van der Waals surface area contributed by atoms with Crippen molar-refractivity contribution in [3.63, 3.8) is 0 Å². The largest absolute Gasteiger partial charge is 0.314 e. The molecule has 0 radical (unpaired) electrons. The Morgan fingerprint density at radius 1 is 1.08 bits per heavy atom. The van der Waals surface area contributed by atoms with E-state index >= 15 is 0 Å². The molecule has 1 aromatic heterocycles. The molecule has 128 valence electrons. The van der Waals surface area contributed by atoms with E-state index in [4.69, 9.17) is 11.6 Å². The van der Waals surface area contributed by atoms with Crippen molar-refractivity contribution >= 4 is 21.6 Å². The number of aromatic nitrogens is 3. The average Bonchev–Trinajstić information content (AvgIpc) is 3.32. The van der Waals surface area contributed by atoms with Crippen LogP contribution in [0.4, 0.5) is 0 Å². The van der Waals surface area contributed by atoms with Crippen molar-refractivity contribution < 1.29 is 8.42 Å². The third-order valence-electron chi connectivity index (χ3n) is 4.81. The van der Waals surface area contributed by atoms with E-state index in [1.165, 1.54) is 17.1 Å². The highest BCUT2D eigenvalue weighted by atomic mass is 35.5. The maximum absolute atomic E-state index is 12.8. The van der Waals surface area contributed by atoms with Crippen LogP contribution < -0.4 is 0 Å². The van der Waals surface area contributed by atoms with E-state index in [0.29, 0.717) is 19.0 Å². The van der Waals surface area contributed by atoms with Crippen LogP contribution in [0, 0.1) is 0 Å². The maximum Gasteiger partial charge on any atom is 0.244 e. The number of hydrogen-bond donors (Lipinski definition) is 0. The smallest absolute Gasteiger partial charge is 0.244 e. The molecule has 2 aromatic rings. The molecule has 0 bridgehead atoms. The van der Waals surface area contributed by atoms with Crippen molar-refractivity contribution in [3.8, 4) is 0 Å². The van der Waals surface area contributed by atoms with Gasteiger partial charge >= 0.3 is 0 Å². The Balaban J connectivity index is 1.50. The Kier molecular flexibility index (Phi) is 4.10. The number of hydrogen-bond acceptors (Lipinski definition) is 4. The molecule has 8 heteroatoms. The van der Waals surface area contributed by atoms with Gasteiger partial charge in [0.2, 0.25) is 10.0 Å². The standard InChI is InChI=1S/C16H19ClN4O2S/c17-14-3-1-2-4-15(14)24(22,23)20-9-7-13(8-10-20)21-11-18-19-16(21)12-5-6-12/h1-4,11-13H,5-10H2. The quantitative estimate of drug-likeness (QED) is 0.834. The first-order valence-electron chi connectivity index (χ1n) is 8.21. The Bertz CT molecular complexity index is 839. The summed E-state index contributed by atoms with van der Waals surface area (Å²) in [4.78, 5) is 0.188. The van der Waals surface area contributed by atoms with E-state index in [0.717, 1.165) is 18.7 Å². The average molecular weight is 367 g/mol. The number of piperidine rings is 1. The first-order chi connectivity index (χ1) is 11.6. The van der Waals surface area contributed by atoms with Crippen LogP contribution in [0.3, 0.4) is 0 Å². The van der Waals surface area contributed by atoms with Gasteiger partial charge in [-0.25, -0.2) is 8.42 Å². The molecule has 24 heavy (non-hydrogen) atoms. The highest BCUT2D eigenvalue weighted by Crippen LogP contribution is 2.40. The minimum atomic E-state index is -3.54.